The Balaban J connectivity index is 2.57. The Morgan fingerprint density at radius 2 is 2.33 bits per heavy atom. The number of hydrogen-bond acceptors (Lipinski definition) is 5. The van der Waals surface area contributed by atoms with Gasteiger partial charge in [0.05, 0.1) is 6.54 Å². The van der Waals surface area contributed by atoms with Gasteiger partial charge in [-0.15, -0.1) is 0 Å². The first-order valence-corrected chi connectivity index (χ1v) is 4.77. The van der Waals surface area contributed by atoms with Crippen LogP contribution in [0.25, 0.3) is 0 Å². The third-order valence-corrected chi connectivity index (χ3v) is 2.04. The monoisotopic (exact) mass is 212 g/mol. The molecule has 0 unspecified atom stereocenters. The first-order valence-electron chi connectivity index (χ1n) is 4.77. The molecule has 2 N–H and O–H groups in total. The fourth-order valence-electron chi connectivity index (χ4n) is 1.17. The summed E-state index contributed by atoms with van der Waals surface area (Å²) < 4.78 is 5.08. The maximum atomic E-state index is 11.1. The van der Waals surface area contributed by atoms with Crippen molar-refractivity contribution in [1.29, 1.82) is 0 Å². The molecule has 1 rings (SSSR count). The molecule has 0 aliphatic rings. The van der Waals surface area contributed by atoms with Crippen molar-refractivity contribution in [1.82, 2.24) is 10.2 Å². The average molecular weight is 212 g/mol. The van der Waals surface area contributed by atoms with E-state index in [1.807, 2.05) is 19.0 Å². The lowest BCUT2D eigenvalue weighted by Gasteiger charge is -2.14. The van der Waals surface area contributed by atoms with E-state index >= 15 is 0 Å². The average Bonchev–Trinajstić information content (AvgIpc) is 2.20. The van der Waals surface area contributed by atoms with Crippen molar-refractivity contribution >= 4 is 0 Å². The summed E-state index contributed by atoms with van der Waals surface area (Å²) in [6, 6.07) is 1.31. The summed E-state index contributed by atoms with van der Waals surface area (Å²) in [6.07, 6.45) is 1.07. The molecule has 0 spiro atoms. The maximum absolute atomic E-state index is 11.1. The summed E-state index contributed by atoms with van der Waals surface area (Å²) in [6.45, 7) is 2.29. The fourth-order valence-corrected chi connectivity index (χ4v) is 1.17. The van der Waals surface area contributed by atoms with E-state index in [0.29, 0.717) is 12.3 Å². The van der Waals surface area contributed by atoms with Crippen molar-refractivity contribution in [3.05, 3.63) is 28.3 Å². The molecule has 0 saturated heterocycles. The zero-order chi connectivity index (χ0) is 11.3. The van der Waals surface area contributed by atoms with Gasteiger partial charge in [-0.1, -0.05) is 0 Å². The van der Waals surface area contributed by atoms with Gasteiger partial charge in [0, 0.05) is 19.2 Å². The molecule has 0 bridgehead atoms. The quantitative estimate of drug-likeness (QED) is 0.719. The van der Waals surface area contributed by atoms with Gasteiger partial charge in [0.25, 0.3) is 0 Å². The lowest BCUT2D eigenvalue weighted by atomic mass is 10.3. The molecule has 84 valence electrons. The second-order valence-electron chi connectivity index (χ2n) is 3.44. The van der Waals surface area contributed by atoms with Gasteiger partial charge in [-0.25, -0.2) is 0 Å². The molecule has 1 aromatic rings. The molecule has 0 atom stereocenters. The Morgan fingerprint density at radius 3 is 2.93 bits per heavy atom. The van der Waals surface area contributed by atoms with Crippen molar-refractivity contribution in [2.75, 3.05) is 27.2 Å². The summed E-state index contributed by atoms with van der Waals surface area (Å²) in [4.78, 5) is 13.1. The van der Waals surface area contributed by atoms with Crippen molar-refractivity contribution in [3.8, 4) is 5.75 Å². The first-order chi connectivity index (χ1) is 7.13. The van der Waals surface area contributed by atoms with Crippen molar-refractivity contribution in [3.63, 3.8) is 0 Å². The molecule has 1 heterocycles. The lowest BCUT2D eigenvalue weighted by Crippen LogP contribution is -2.27. The van der Waals surface area contributed by atoms with Crippen LogP contribution >= 0.6 is 0 Å². The Hall–Kier alpha value is -1.33. The van der Waals surface area contributed by atoms with Gasteiger partial charge in [0.2, 0.25) is 5.43 Å². The van der Waals surface area contributed by atoms with E-state index in [-0.39, 0.29) is 5.75 Å². The number of hydrogen-bond donors (Lipinski definition) is 2. The molecule has 0 amide bonds. The van der Waals surface area contributed by atoms with E-state index in [9.17, 15) is 4.79 Å². The normalized spacial score (nSPS) is 10.9. The van der Waals surface area contributed by atoms with Crippen LogP contribution in [0.4, 0.5) is 0 Å². The van der Waals surface area contributed by atoms with Crippen LogP contribution in [-0.2, 0) is 6.54 Å². The predicted octanol–water partition coefficient (Wildman–Crippen LogP) is -0.00340. The van der Waals surface area contributed by atoms with E-state index < -0.39 is 5.43 Å². The highest BCUT2D eigenvalue weighted by Crippen LogP contribution is 2.05. The van der Waals surface area contributed by atoms with E-state index in [0.717, 1.165) is 19.4 Å². The van der Waals surface area contributed by atoms with Gasteiger partial charge < -0.3 is 14.8 Å². The molecule has 0 fully saturated rings. The van der Waals surface area contributed by atoms with E-state index in [1.54, 1.807) is 0 Å². The summed E-state index contributed by atoms with van der Waals surface area (Å²) in [7, 11) is 3.82. The minimum Gasteiger partial charge on any atom is -0.502 e. The summed E-state index contributed by atoms with van der Waals surface area (Å²) in [5, 5.41) is 12.0. The molecular weight excluding hydrogens is 196 g/mol. The van der Waals surface area contributed by atoms with Crippen molar-refractivity contribution < 1.29 is 9.52 Å². The molecule has 1 aromatic heterocycles. The summed E-state index contributed by atoms with van der Waals surface area (Å²) >= 11 is 0. The minimum atomic E-state index is -0.404. The Morgan fingerprint density at radius 1 is 1.60 bits per heavy atom. The zero-order valence-electron chi connectivity index (χ0n) is 8.99. The molecule has 0 aliphatic carbocycles. The Bertz CT molecular complexity index is 362. The third kappa shape index (κ3) is 3.73. The van der Waals surface area contributed by atoms with Crippen LogP contribution in [0, 0.1) is 0 Å². The van der Waals surface area contributed by atoms with Gasteiger partial charge in [-0.2, -0.15) is 0 Å². The Labute approximate surface area is 88.3 Å². The third-order valence-electron chi connectivity index (χ3n) is 2.04. The molecule has 15 heavy (non-hydrogen) atoms. The predicted molar refractivity (Wildman–Crippen MR) is 56.9 cm³/mol. The van der Waals surface area contributed by atoms with Crippen LogP contribution in [0.1, 0.15) is 5.76 Å². The van der Waals surface area contributed by atoms with Gasteiger partial charge >= 0.3 is 0 Å². The van der Waals surface area contributed by atoms with Crippen LogP contribution in [0.15, 0.2) is 21.5 Å². The number of likely N-dealkylation sites (N-methyl/N-ethyl adjacent to an activating group) is 2. The highest BCUT2D eigenvalue weighted by atomic mass is 16.4. The highest BCUT2D eigenvalue weighted by Gasteiger charge is 2.04. The van der Waals surface area contributed by atoms with E-state index in [1.165, 1.54) is 6.07 Å². The lowest BCUT2D eigenvalue weighted by molar-refractivity contribution is 0.289. The van der Waals surface area contributed by atoms with Crippen LogP contribution in [0.2, 0.25) is 0 Å². The van der Waals surface area contributed by atoms with E-state index in [2.05, 4.69) is 5.32 Å². The summed E-state index contributed by atoms with van der Waals surface area (Å²) in [5.74, 6) is 0.202. The molecule has 5 nitrogen and oxygen atoms in total. The molecule has 0 radical (unpaired) electrons. The standard InChI is InChI=1S/C10H16N2O3/c1-11-3-4-12(2)6-8-5-9(13)10(14)7-15-8/h5,7,11,14H,3-4,6H2,1-2H3. The largest absolute Gasteiger partial charge is 0.502 e. The molecule has 5 heteroatoms. The topological polar surface area (TPSA) is 65.7 Å². The van der Waals surface area contributed by atoms with Gasteiger partial charge in [-0.3, -0.25) is 9.69 Å². The number of nitrogens with one attached hydrogen (secondary N) is 1. The van der Waals surface area contributed by atoms with E-state index in [4.69, 9.17) is 9.52 Å². The number of aromatic hydroxyl groups is 1. The second kappa shape index (κ2) is 5.53. The maximum Gasteiger partial charge on any atom is 0.226 e. The molecule has 0 saturated carbocycles. The van der Waals surface area contributed by atoms with Gasteiger partial charge in [0.1, 0.15) is 12.0 Å². The second-order valence-corrected chi connectivity index (χ2v) is 3.44. The van der Waals surface area contributed by atoms with Crippen molar-refractivity contribution in [2.24, 2.45) is 0 Å². The molecular formula is C10H16N2O3. The van der Waals surface area contributed by atoms with Crippen LogP contribution in [-0.4, -0.2) is 37.2 Å². The van der Waals surface area contributed by atoms with Crippen LogP contribution in [0.3, 0.4) is 0 Å². The van der Waals surface area contributed by atoms with Crippen molar-refractivity contribution in [2.45, 2.75) is 6.54 Å². The highest BCUT2D eigenvalue weighted by molar-refractivity contribution is 5.15. The summed E-state index contributed by atoms with van der Waals surface area (Å²) in [5.41, 5.74) is -0.404. The smallest absolute Gasteiger partial charge is 0.226 e. The number of rotatable bonds is 5. The molecule has 0 aromatic carbocycles. The minimum absolute atomic E-state index is 0.350. The first kappa shape index (κ1) is 11.7. The van der Waals surface area contributed by atoms with Gasteiger partial charge in [-0.05, 0) is 14.1 Å². The Kier molecular flexibility index (Phi) is 4.33. The zero-order valence-corrected chi connectivity index (χ0v) is 8.99. The van der Waals surface area contributed by atoms with Crippen LogP contribution < -0.4 is 10.7 Å². The SMILES string of the molecule is CNCCN(C)Cc1cc(=O)c(O)co1. The van der Waals surface area contributed by atoms with Gasteiger partial charge in [0.15, 0.2) is 5.75 Å². The number of nitrogens with zero attached hydrogens (tertiary/aromatic N) is 1. The molecule has 0 aliphatic heterocycles. The fraction of sp³-hybridized carbons (Fsp3) is 0.500. The van der Waals surface area contributed by atoms with Crippen LogP contribution in [0.5, 0.6) is 5.75 Å².